The molecule has 1 aliphatic heterocycles. The summed E-state index contributed by atoms with van der Waals surface area (Å²) in [5.41, 5.74) is 0.505. The molecule has 0 aliphatic carbocycles. The van der Waals surface area contributed by atoms with Crippen LogP contribution in [-0.4, -0.2) is 38.6 Å². The van der Waals surface area contributed by atoms with Crippen LogP contribution in [0.2, 0.25) is 0 Å². The molecule has 0 atom stereocenters. The fourth-order valence-corrected chi connectivity index (χ4v) is 4.31. The lowest BCUT2D eigenvalue weighted by atomic mass is 10.1. The van der Waals surface area contributed by atoms with Crippen molar-refractivity contribution in [3.63, 3.8) is 0 Å². The maximum Gasteiger partial charge on any atom is 0.264 e. The zero-order valence-electron chi connectivity index (χ0n) is 15.0. The molecule has 8 heteroatoms. The molecule has 2 aromatic rings. The molecule has 7 nitrogen and oxygen atoms in total. The van der Waals surface area contributed by atoms with E-state index >= 15 is 0 Å². The lowest BCUT2D eigenvalue weighted by Crippen LogP contribution is -2.39. The Morgan fingerprint density at radius 2 is 1.70 bits per heavy atom. The number of fused-ring (bicyclic) bond motifs is 1. The van der Waals surface area contributed by atoms with Crippen molar-refractivity contribution >= 4 is 21.7 Å². The van der Waals surface area contributed by atoms with Gasteiger partial charge in [0.25, 0.3) is 15.9 Å². The largest absolute Gasteiger partial charge is 0.497 e. The number of allylic oxidation sites excluding steroid dienone is 2. The van der Waals surface area contributed by atoms with Gasteiger partial charge in [0.2, 0.25) is 5.78 Å². The molecule has 1 heterocycles. The first kappa shape index (κ1) is 18.7. The van der Waals surface area contributed by atoms with Gasteiger partial charge in [-0.05, 0) is 43.3 Å². The zero-order chi connectivity index (χ0) is 19.8. The van der Waals surface area contributed by atoms with Crippen LogP contribution in [0.15, 0.2) is 64.8 Å². The van der Waals surface area contributed by atoms with Crippen LogP contribution in [0.5, 0.6) is 5.75 Å². The maximum atomic E-state index is 12.8. The van der Waals surface area contributed by atoms with Crippen LogP contribution in [0, 0.1) is 0 Å². The number of ketones is 1. The van der Waals surface area contributed by atoms with Gasteiger partial charge < -0.3 is 10.1 Å². The third-order valence-corrected chi connectivity index (χ3v) is 6.12. The van der Waals surface area contributed by atoms with Gasteiger partial charge in [-0.2, -0.15) is 0 Å². The highest BCUT2D eigenvalue weighted by Gasteiger charge is 2.38. The van der Waals surface area contributed by atoms with E-state index in [2.05, 4.69) is 5.32 Å². The van der Waals surface area contributed by atoms with E-state index in [0.717, 1.165) is 4.31 Å². The number of ether oxygens (including phenoxy) is 1. The van der Waals surface area contributed by atoms with E-state index < -0.39 is 21.7 Å². The molecule has 0 bridgehead atoms. The summed E-state index contributed by atoms with van der Waals surface area (Å²) in [5, 5.41) is 2.61. The Morgan fingerprint density at radius 3 is 2.33 bits per heavy atom. The minimum Gasteiger partial charge on any atom is -0.497 e. The van der Waals surface area contributed by atoms with Crippen LogP contribution < -0.4 is 10.1 Å². The van der Waals surface area contributed by atoms with Crippen LogP contribution >= 0.6 is 0 Å². The Balaban J connectivity index is 1.99. The molecule has 1 aliphatic rings. The van der Waals surface area contributed by atoms with Gasteiger partial charge in [0.1, 0.15) is 11.4 Å². The number of likely N-dealkylation sites (N-methyl/N-ethyl adjacent to an activating group) is 1. The fraction of sp³-hybridized carbons (Fsp3) is 0.158. The average molecular weight is 386 g/mol. The quantitative estimate of drug-likeness (QED) is 0.816. The topological polar surface area (TPSA) is 92.8 Å². The third-order valence-electron chi connectivity index (χ3n) is 4.31. The highest BCUT2D eigenvalue weighted by molar-refractivity contribution is 7.89. The molecule has 1 amide bonds. The van der Waals surface area contributed by atoms with Crippen molar-refractivity contribution in [2.24, 2.45) is 0 Å². The molecule has 0 spiro atoms. The van der Waals surface area contributed by atoms with Crippen molar-refractivity contribution in [3.8, 4) is 5.75 Å². The van der Waals surface area contributed by atoms with E-state index in [0.29, 0.717) is 11.3 Å². The second-order valence-corrected chi connectivity index (χ2v) is 7.89. The Labute approximate surface area is 157 Å². The standard InChI is InChI=1S/C19H18N2O5S/c1-12(20-19(23)13-8-10-14(26-3)11-9-13)17-18(22)15-6-4-5-7-16(15)27(24,25)21(17)2/h4-11H,1-3H3,(H,20,23)/b17-12-. The number of benzene rings is 2. The van der Waals surface area contributed by atoms with Crippen molar-refractivity contribution in [2.45, 2.75) is 11.8 Å². The van der Waals surface area contributed by atoms with Crippen LogP contribution in [0.4, 0.5) is 0 Å². The summed E-state index contributed by atoms with van der Waals surface area (Å²) in [6.45, 7) is 1.49. The summed E-state index contributed by atoms with van der Waals surface area (Å²) in [7, 11) is -1.06. The van der Waals surface area contributed by atoms with Crippen LogP contribution in [0.25, 0.3) is 0 Å². The number of carbonyl (C=O) groups is 2. The van der Waals surface area contributed by atoms with Crippen molar-refractivity contribution in [1.29, 1.82) is 0 Å². The molecule has 0 fully saturated rings. The molecular weight excluding hydrogens is 368 g/mol. The highest BCUT2D eigenvalue weighted by Crippen LogP contribution is 2.31. The van der Waals surface area contributed by atoms with Crippen molar-refractivity contribution in [3.05, 3.63) is 71.1 Å². The number of sulfonamides is 1. The lowest BCUT2D eigenvalue weighted by Gasteiger charge is -2.29. The maximum absolute atomic E-state index is 12.8. The molecule has 27 heavy (non-hydrogen) atoms. The Hall–Kier alpha value is -3.13. The average Bonchev–Trinajstić information content (AvgIpc) is 2.67. The van der Waals surface area contributed by atoms with Gasteiger partial charge in [0, 0.05) is 23.9 Å². The number of methoxy groups -OCH3 is 1. The number of hydrogen-bond acceptors (Lipinski definition) is 5. The lowest BCUT2D eigenvalue weighted by molar-refractivity contribution is 0.0963. The van der Waals surface area contributed by atoms with E-state index in [9.17, 15) is 18.0 Å². The molecular formula is C19H18N2O5S. The van der Waals surface area contributed by atoms with Gasteiger partial charge >= 0.3 is 0 Å². The van der Waals surface area contributed by atoms with Crippen LogP contribution in [0.1, 0.15) is 27.6 Å². The third kappa shape index (κ3) is 3.19. The summed E-state index contributed by atoms with van der Waals surface area (Å²) in [6, 6.07) is 12.4. The van der Waals surface area contributed by atoms with Gasteiger partial charge in [-0.1, -0.05) is 12.1 Å². The number of rotatable bonds is 3. The molecule has 1 N–H and O–H groups in total. The Kier molecular flexibility index (Phi) is 4.75. The first-order valence-electron chi connectivity index (χ1n) is 8.06. The Morgan fingerprint density at radius 1 is 1.07 bits per heavy atom. The van der Waals surface area contributed by atoms with Crippen molar-refractivity contribution in [1.82, 2.24) is 9.62 Å². The number of Topliss-reactive ketones (excluding diaryl/α,β-unsaturated/α-hetero) is 1. The van der Waals surface area contributed by atoms with Crippen molar-refractivity contribution in [2.75, 3.05) is 14.2 Å². The summed E-state index contributed by atoms with van der Waals surface area (Å²) < 4.78 is 31.4. The van der Waals surface area contributed by atoms with Crippen LogP contribution in [-0.2, 0) is 10.0 Å². The molecule has 140 valence electrons. The molecule has 2 aromatic carbocycles. The highest BCUT2D eigenvalue weighted by atomic mass is 32.2. The van der Waals surface area contributed by atoms with E-state index in [1.807, 2.05) is 0 Å². The van der Waals surface area contributed by atoms with Gasteiger partial charge in [-0.15, -0.1) is 0 Å². The van der Waals surface area contributed by atoms with Gasteiger partial charge in [-0.3, -0.25) is 13.9 Å². The molecule has 0 aromatic heterocycles. The first-order valence-corrected chi connectivity index (χ1v) is 9.50. The van der Waals surface area contributed by atoms with Gasteiger partial charge in [-0.25, -0.2) is 8.42 Å². The minimum absolute atomic E-state index is 0.0458. The number of hydrogen-bond donors (Lipinski definition) is 1. The van der Waals surface area contributed by atoms with E-state index in [1.54, 1.807) is 36.4 Å². The first-order chi connectivity index (χ1) is 12.8. The number of nitrogens with one attached hydrogen (secondary N) is 1. The van der Waals surface area contributed by atoms with E-state index in [1.165, 1.54) is 33.2 Å². The van der Waals surface area contributed by atoms with Crippen LogP contribution in [0.3, 0.4) is 0 Å². The molecule has 0 unspecified atom stereocenters. The summed E-state index contributed by atoms with van der Waals surface area (Å²) >= 11 is 0. The number of nitrogens with zero attached hydrogens (tertiary/aromatic N) is 1. The summed E-state index contributed by atoms with van der Waals surface area (Å²) in [5.74, 6) is -0.318. The predicted octanol–water partition coefficient (Wildman–Crippen LogP) is 2.17. The van der Waals surface area contributed by atoms with Gasteiger partial charge in [0.15, 0.2) is 0 Å². The molecule has 0 radical (unpaired) electrons. The zero-order valence-corrected chi connectivity index (χ0v) is 15.8. The minimum atomic E-state index is -3.87. The number of carbonyl (C=O) groups excluding carboxylic acids is 2. The monoisotopic (exact) mass is 386 g/mol. The van der Waals surface area contributed by atoms with Gasteiger partial charge in [0.05, 0.1) is 12.0 Å². The predicted molar refractivity (Wildman–Crippen MR) is 98.9 cm³/mol. The summed E-state index contributed by atoms with van der Waals surface area (Å²) in [4.78, 5) is 25.2. The fourth-order valence-electron chi connectivity index (χ4n) is 2.87. The SMILES string of the molecule is COc1ccc(C(=O)N/C(C)=C2/C(=O)c3ccccc3S(=O)(=O)N2C)cc1. The van der Waals surface area contributed by atoms with E-state index in [4.69, 9.17) is 4.74 Å². The number of amides is 1. The normalized spacial score (nSPS) is 17.1. The second-order valence-electron chi connectivity index (χ2n) is 5.95. The second kappa shape index (κ2) is 6.88. The smallest absolute Gasteiger partial charge is 0.264 e. The Bertz CT molecular complexity index is 1060. The summed E-state index contributed by atoms with van der Waals surface area (Å²) in [6.07, 6.45) is 0. The molecule has 0 saturated heterocycles. The molecule has 3 rings (SSSR count). The van der Waals surface area contributed by atoms with E-state index in [-0.39, 0.29) is 21.9 Å². The van der Waals surface area contributed by atoms with Crippen molar-refractivity contribution < 1.29 is 22.7 Å². The molecule has 0 saturated carbocycles.